The summed E-state index contributed by atoms with van der Waals surface area (Å²) in [6, 6.07) is 14.0. The molecule has 2 aromatic heterocycles. The molecule has 1 saturated carbocycles. The monoisotopic (exact) mass is 361 g/mol. The maximum atomic E-state index is 5.46. The van der Waals surface area contributed by atoms with Gasteiger partial charge in [-0.25, -0.2) is 4.68 Å². The average Bonchev–Trinajstić information content (AvgIpc) is 3.47. The maximum absolute atomic E-state index is 5.46. The van der Waals surface area contributed by atoms with Gasteiger partial charge in [-0.2, -0.15) is 4.98 Å². The van der Waals surface area contributed by atoms with E-state index >= 15 is 0 Å². The molecule has 7 heteroatoms. The van der Waals surface area contributed by atoms with Gasteiger partial charge in [0.25, 0.3) is 5.89 Å². The van der Waals surface area contributed by atoms with E-state index in [4.69, 9.17) is 9.26 Å². The number of hydrogen-bond donors (Lipinski definition) is 0. The molecule has 0 aliphatic heterocycles. The van der Waals surface area contributed by atoms with Crippen LogP contribution in [0.15, 0.2) is 47.0 Å². The van der Waals surface area contributed by atoms with E-state index in [0.717, 1.165) is 22.2 Å². The molecule has 1 aliphatic carbocycles. The second kappa shape index (κ2) is 6.50. The van der Waals surface area contributed by atoms with Crippen molar-refractivity contribution in [3.63, 3.8) is 0 Å². The van der Waals surface area contributed by atoms with Crippen LogP contribution in [-0.2, 0) is 0 Å². The number of methoxy groups -OCH3 is 1. The van der Waals surface area contributed by atoms with E-state index in [2.05, 4.69) is 25.1 Å². The van der Waals surface area contributed by atoms with Crippen LogP contribution in [0.2, 0.25) is 0 Å². The molecule has 5 rings (SSSR count). The smallest absolute Gasteiger partial charge is 0.262 e. The normalized spacial score (nSPS) is 14.9. The highest BCUT2D eigenvalue weighted by atomic mass is 16.5. The molecule has 0 spiro atoms. The number of rotatable bonds is 4. The molecule has 27 heavy (non-hydrogen) atoms. The van der Waals surface area contributed by atoms with E-state index in [-0.39, 0.29) is 0 Å². The Kier molecular flexibility index (Phi) is 3.85. The van der Waals surface area contributed by atoms with Crippen LogP contribution >= 0.6 is 0 Å². The Morgan fingerprint density at radius 2 is 1.96 bits per heavy atom. The van der Waals surface area contributed by atoms with Crippen molar-refractivity contribution < 1.29 is 9.26 Å². The van der Waals surface area contributed by atoms with Gasteiger partial charge in [0.2, 0.25) is 5.82 Å². The lowest BCUT2D eigenvalue weighted by molar-refractivity contribution is 0.405. The minimum Gasteiger partial charge on any atom is -0.496 e. The predicted octanol–water partition coefficient (Wildman–Crippen LogP) is 4.27. The summed E-state index contributed by atoms with van der Waals surface area (Å²) in [6.45, 7) is 0. The second-order valence-electron chi connectivity index (χ2n) is 6.80. The number of benzene rings is 2. The molecule has 0 radical (unpaired) electrons. The summed E-state index contributed by atoms with van der Waals surface area (Å²) in [4.78, 5) is 4.54. The van der Waals surface area contributed by atoms with Gasteiger partial charge in [0, 0.05) is 5.56 Å². The summed E-state index contributed by atoms with van der Waals surface area (Å²) < 4.78 is 12.9. The topological polar surface area (TPSA) is 78.9 Å². The van der Waals surface area contributed by atoms with Crippen molar-refractivity contribution in [2.45, 2.75) is 31.7 Å². The minimum atomic E-state index is 0.428. The number of hydrogen-bond acceptors (Lipinski definition) is 6. The maximum Gasteiger partial charge on any atom is 0.262 e. The van der Waals surface area contributed by atoms with Crippen LogP contribution in [0.3, 0.4) is 0 Å². The summed E-state index contributed by atoms with van der Waals surface area (Å²) in [5.74, 6) is 1.65. The van der Waals surface area contributed by atoms with Crippen molar-refractivity contribution in [3.8, 4) is 28.6 Å². The van der Waals surface area contributed by atoms with Crippen molar-refractivity contribution in [3.05, 3.63) is 42.5 Å². The fourth-order valence-electron chi connectivity index (χ4n) is 3.77. The Morgan fingerprint density at radius 3 is 2.81 bits per heavy atom. The van der Waals surface area contributed by atoms with Crippen LogP contribution in [-0.4, -0.2) is 32.2 Å². The Morgan fingerprint density at radius 1 is 1.11 bits per heavy atom. The lowest BCUT2D eigenvalue weighted by atomic mass is 10.1. The van der Waals surface area contributed by atoms with Crippen molar-refractivity contribution >= 4 is 11.0 Å². The average molecular weight is 361 g/mol. The molecule has 136 valence electrons. The first-order chi connectivity index (χ1) is 13.3. The fourth-order valence-corrected chi connectivity index (χ4v) is 3.77. The molecule has 2 heterocycles. The van der Waals surface area contributed by atoms with Crippen LogP contribution < -0.4 is 4.74 Å². The third kappa shape index (κ3) is 2.75. The Hall–Kier alpha value is -3.22. The SMILES string of the molecule is COc1ccccc1-c1nc(-c2ccc3c(c2)nnn3C2CCCC2)no1. The molecule has 2 aromatic carbocycles. The van der Waals surface area contributed by atoms with Gasteiger partial charge in [0.05, 0.1) is 24.2 Å². The van der Waals surface area contributed by atoms with E-state index in [1.54, 1.807) is 7.11 Å². The van der Waals surface area contributed by atoms with Gasteiger partial charge in [-0.05, 0) is 43.2 Å². The standard InChI is InChI=1S/C20H19N5O2/c1-26-18-9-5-4-8-15(18)20-21-19(23-27-20)13-10-11-17-16(12-13)22-24-25(17)14-6-2-3-7-14/h4-5,8-12,14H,2-3,6-7H2,1H3. The summed E-state index contributed by atoms with van der Waals surface area (Å²) in [5, 5.41) is 12.9. The van der Waals surface area contributed by atoms with E-state index in [0.29, 0.717) is 23.5 Å². The minimum absolute atomic E-state index is 0.428. The Bertz CT molecular complexity index is 1090. The van der Waals surface area contributed by atoms with Gasteiger partial charge in [0.1, 0.15) is 11.3 Å². The number of fused-ring (bicyclic) bond motifs is 1. The zero-order valence-corrected chi connectivity index (χ0v) is 15.0. The molecule has 0 amide bonds. The molecule has 4 aromatic rings. The summed E-state index contributed by atoms with van der Waals surface area (Å²) in [6.07, 6.45) is 4.87. The highest BCUT2D eigenvalue weighted by Crippen LogP contribution is 2.33. The third-order valence-corrected chi connectivity index (χ3v) is 5.16. The predicted molar refractivity (Wildman–Crippen MR) is 100 cm³/mol. The molecule has 0 bridgehead atoms. The summed E-state index contributed by atoms with van der Waals surface area (Å²) >= 11 is 0. The lowest BCUT2D eigenvalue weighted by Crippen LogP contribution is -2.06. The molecular formula is C20H19N5O2. The molecule has 7 nitrogen and oxygen atoms in total. The van der Waals surface area contributed by atoms with Crippen LogP contribution in [0.25, 0.3) is 33.9 Å². The molecule has 1 aliphatic rings. The van der Waals surface area contributed by atoms with Crippen molar-refractivity contribution in [1.29, 1.82) is 0 Å². The number of ether oxygens (including phenoxy) is 1. The highest BCUT2D eigenvalue weighted by molar-refractivity contribution is 5.80. The van der Waals surface area contributed by atoms with Crippen LogP contribution in [0.5, 0.6) is 5.75 Å². The van der Waals surface area contributed by atoms with Gasteiger partial charge < -0.3 is 9.26 Å². The van der Waals surface area contributed by atoms with Gasteiger partial charge in [-0.1, -0.05) is 35.3 Å². The number of nitrogens with zero attached hydrogens (tertiary/aromatic N) is 5. The largest absolute Gasteiger partial charge is 0.496 e. The third-order valence-electron chi connectivity index (χ3n) is 5.16. The molecule has 0 unspecified atom stereocenters. The van der Waals surface area contributed by atoms with E-state index in [1.165, 1.54) is 25.7 Å². The van der Waals surface area contributed by atoms with E-state index in [9.17, 15) is 0 Å². The summed E-state index contributed by atoms with van der Waals surface area (Å²) in [5.41, 5.74) is 3.53. The molecule has 0 saturated heterocycles. The van der Waals surface area contributed by atoms with Crippen LogP contribution in [0.4, 0.5) is 0 Å². The quantitative estimate of drug-likeness (QED) is 0.540. The number of aromatic nitrogens is 5. The zero-order chi connectivity index (χ0) is 18.2. The second-order valence-corrected chi connectivity index (χ2v) is 6.80. The molecule has 1 fully saturated rings. The Labute approximate surface area is 156 Å². The van der Waals surface area contributed by atoms with Gasteiger partial charge in [-0.3, -0.25) is 0 Å². The summed E-state index contributed by atoms with van der Waals surface area (Å²) in [7, 11) is 1.62. The zero-order valence-electron chi connectivity index (χ0n) is 15.0. The molecule has 0 atom stereocenters. The van der Waals surface area contributed by atoms with Gasteiger partial charge >= 0.3 is 0 Å². The van der Waals surface area contributed by atoms with E-state index in [1.807, 2.05) is 42.5 Å². The van der Waals surface area contributed by atoms with Gasteiger partial charge in [-0.15, -0.1) is 5.10 Å². The fraction of sp³-hybridized carbons (Fsp3) is 0.300. The molecular weight excluding hydrogens is 342 g/mol. The Balaban J connectivity index is 1.50. The molecule has 0 N–H and O–H groups in total. The first-order valence-electron chi connectivity index (χ1n) is 9.16. The number of para-hydroxylation sites is 1. The highest BCUT2D eigenvalue weighted by Gasteiger charge is 2.21. The van der Waals surface area contributed by atoms with Crippen molar-refractivity contribution in [1.82, 2.24) is 25.1 Å². The first kappa shape index (κ1) is 16.0. The van der Waals surface area contributed by atoms with Crippen LogP contribution in [0.1, 0.15) is 31.7 Å². The lowest BCUT2D eigenvalue weighted by Gasteiger charge is -2.09. The van der Waals surface area contributed by atoms with Gasteiger partial charge in [0.15, 0.2) is 0 Å². The van der Waals surface area contributed by atoms with Crippen LogP contribution in [0, 0.1) is 0 Å². The van der Waals surface area contributed by atoms with E-state index < -0.39 is 0 Å². The van der Waals surface area contributed by atoms with Crippen molar-refractivity contribution in [2.75, 3.05) is 7.11 Å². The first-order valence-corrected chi connectivity index (χ1v) is 9.16. The van der Waals surface area contributed by atoms with Crippen molar-refractivity contribution in [2.24, 2.45) is 0 Å².